The van der Waals surface area contributed by atoms with Gasteiger partial charge in [-0.25, -0.2) is 0 Å². The first kappa shape index (κ1) is 9.47. The Kier molecular flexibility index (Phi) is 1.81. The van der Waals surface area contributed by atoms with Crippen molar-refractivity contribution >= 4 is 0 Å². The van der Waals surface area contributed by atoms with Crippen molar-refractivity contribution in [2.75, 3.05) is 13.1 Å². The fraction of sp³-hybridized carbons (Fsp3) is 1.00. The molecule has 0 radical (unpaired) electrons. The van der Waals surface area contributed by atoms with Crippen molar-refractivity contribution in [3.63, 3.8) is 0 Å². The first-order valence-corrected chi connectivity index (χ1v) is 5.34. The lowest BCUT2D eigenvalue weighted by Crippen LogP contribution is -2.53. The zero-order chi connectivity index (χ0) is 9.85. The van der Waals surface area contributed by atoms with Crippen LogP contribution in [-0.2, 0) is 0 Å². The Bertz CT molecular complexity index is 219. The minimum atomic E-state index is 0.320. The second kappa shape index (κ2) is 2.48. The maximum Gasteiger partial charge on any atom is 0.0125 e. The number of rotatable bonds is 0. The molecule has 1 heterocycles. The van der Waals surface area contributed by atoms with Crippen molar-refractivity contribution in [2.45, 2.75) is 45.7 Å². The predicted molar refractivity (Wildman–Crippen MR) is 55.5 cm³/mol. The number of nitrogens with two attached hydrogens (primary N) is 1. The van der Waals surface area contributed by atoms with Crippen LogP contribution < -0.4 is 5.73 Å². The highest BCUT2D eigenvalue weighted by atomic mass is 15.2. The van der Waals surface area contributed by atoms with Gasteiger partial charge in [-0.15, -0.1) is 0 Å². The number of fused-ring (bicyclic) bond motifs is 1. The largest absolute Gasteiger partial charge is 0.327 e. The standard InChI is InChI=1S/C11H22N2/c1-10(2,3)13-6-8-9(12)5-11(8,4)7-13/h8-9H,5-7,12H2,1-4H3/t8-,9-,11-/m0/s1. The van der Waals surface area contributed by atoms with Crippen molar-refractivity contribution < 1.29 is 0 Å². The molecular weight excluding hydrogens is 160 g/mol. The summed E-state index contributed by atoms with van der Waals surface area (Å²) in [5, 5.41) is 0. The molecule has 0 unspecified atom stereocenters. The van der Waals surface area contributed by atoms with Crippen molar-refractivity contribution in [1.82, 2.24) is 4.90 Å². The second-order valence-electron chi connectivity index (χ2n) is 6.18. The van der Waals surface area contributed by atoms with Crippen molar-refractivity contribution in [1.29, 1.82) is 0 Å². The first-order chi connectivity index (χ1) is 5.83. The van der Waals surface area contributed by atoms with Crippen LogP contribution in [0.1, 0.15) is 34.1 Å². The molecule has 0 bridgehead atoms. The minimum Gasteiger partial charge on any atom is -0.327 e. The fourth-order valence-electron chi connectivity index (χ4n) is 2.98. The lowest BCUT2D eigenvalue weighted by Gasteiger charge is -2.46. The van der Waals surface area contributed by atoms with E-state index in [1.807, 2.05) is 0 Å². The van der Waals surface area contributed by atoms with Crippen LogP contribution in [-0.4, -0.2) is 29.6 Å². The van der Waals surface area contributed by atoms with Gasteiger partial charge in [0.25, 0.3) is 0 Å². The third-order valence-electron chi connectivity index (χ3n) is 4.03. The Balaban J connectivity index is 2.09. The Hall–Kier alpha value is -0.0800. The van der Waals surface area contributed by atoms with Crippen LogP contribution in [0.15, 0.2) is 0 Å². The van der Waals surface area contributed by atoms with Gasteiger partial charge in [-0.3, -0.25) is 4.90 Å². The highest BCUT2D eigenvalue weighted by Crippen LogP contribution is 2.51. The predicted octanol–water partition coefficient (Wildman–Crippen LogP) is 1.45. The molecule has 76 valence electrons. The van der Waals surface area contributed by atoms with Crippen molar-refractivity contribution in [3.05, 3.63) is 0 Å². The van der Waals surface area contributed by atoms with Gasteiger partial charge >= 0.3 is 0 Å². The smallest absolute Gasteiger partial charge is 0.0125 e. The van der Waals surface area contributed by atoms with Crippen LogP contribution in [0, 0.1) is 11.3 Å². The highest BCUT2D eigenvalue weighted by Gasteiger charge is 2.55. The van der Waals surface area contributed by atoms with E-state index in [1.165, 1.54) is 19.5 Å². The monoisotopic (exact) mass is 182 g/mol. The molecule has 0 aromatic heterocycles. The topological polar surface area (TPSA) is 29.3 Å². The summed E-state index contributed by atoms with van der Waals surface area (Å²) < 4.78 is 0. The van der Waals surface area contributed by atoms with E-state index in [0.29, 0.717) is 17.0 Å². The minimum absolute atomic E-state index is 0.320. The maximum absolute atomic E-state index is 6.03. The highest BCUT2D eigenvalue weighted by molar-refractivity contribution is 5.09. The van der Waals surface area contributed by atoms with E-state index in [2.05, 4.69) is 32.6 Å². The van der Waals surface area contributed by atoms with Gasteiger partial charge < -0.3 is 5.73 Å². The average Bonchev–Trinajstić information content (AvgIpc) is 2.21. The Morgan fingerprint density at radius 3 is 2.38 bits per heavy atom. The van der Waals surface area contributed by atoms with E-state index in [1.54, 1.807) is 0 Å². The summed E-state index contributed by atoms with van der Waals surface area (Å²) in [7, 11) is 0. The molecule has 3 atom stereocenters. The number of nitrogens with zero attached hydrogens (tertiary/aromatic N) is 1. The first-order valence-electron chi connectivity index (χ1n) is 5.34. The van der Waals surface area contributed by atoms with E-state index in [9.17, 15) is 0 Å². The summed E-state index contributed by atoms with van der Waals surface area (Å²) in [5.41, 5.74) is 6.88. The molecule has 0 spiro atoms. The van der Waals surface area contributed by atoms with Gasteiger partial charge in [0.1, 0.15) is 0 Å². The fourth-order valence-corrected chi connectivity index (χ4v) is 2.98. The third-order valence-corrected chi connectivity index (χ3v) is 4.03. The molecule has 2 rings (SSSR count). The lowest BCUT2D eigenvalue weighted by molar-refractivity contribution is 0.0738. The van der Waals surface area contributed by atoms with Gasteiger partial charge in [-0.05, 0) is 38.5 Å². The normalized spacial score (nSPS) is 45.9. The molecule has 0 aromatic carbocycles. The molecular formula is C11H22N2. The van der Waals surface area contributed by atoms with Gasteiger partial charge in [0.2, 0.25) is 0 Å². The molecule has 2 heteroatoms. The number of likely N-dealkylation sites (tertiary alicyclic amines) is 1. The number of hydrogen-bond acceptors (Lipinski definition) is 2. The van der Waals surface area contributed by atoms with E-state index in [4.69, 9.17) is 5.73 Å². The van der Waals surface area contributed by atoms with Crippen LogP contribution in [0.5, 0.6) is 0 Å². The van der Waals surface area contributed by atoms with E-state index in [0.717, 1.165) is 5.92 Å². The van der Waals surface area contributed by atoms with Gasteiger partial charge in [0, 0.05) is 24.7 Å². The molecule has 2 fully saturated rings. The van der Waals surface area contributed by atoms with Crippen LogP contribution in [0.4, 0.5) is 0 Å². The van der Waals surface area contributed by atoms with Crippen LogP contribution in [0.3, 0.4) is 0 Å². The van der Waals surface area contributed by atoms with Crippen LogP contribution in [0.2, 0.25) is 0 Å². The molecule has 1 aliphatic carbocycles. The Morgan fingerprint density at radius 1 is 1.38 bits per heavy atom. The van der Waals surface area contributed by atoms with Gasteiger partial charge in [-0.2, -0.15) is 0 Å². The van der Waals surface area contributed by atoms with Gasteiger partial charge in [0.05, 0.1) is 0 Å². The molecule has 2 N–H and O–H groups in total. The molecule has 0 amide bonds. The maximum atomic E-state index is 6.03. The van der Waals surface area contributed by atoms with Crippen molar-refractivity contribution in [3.8, 4) is 0 Å². The quantitative estimate of drug-likeness (QED) is 0.614. The van der Waals surface area contributed by atoms with Crippen molar-refractivity contribution in [2.24, 2.45) is 17.1 Å². The molecule has 1 saturated heterocycles. The Labute approximate surface area is 81.5 Å². The van der Waals surface area contributed by atoms with Crippen LogP contribution in [0.25, 0.3) is 0 Å². The summed E-state index contributed by atoms with van der Waals surface area (Å²) in [6.45, 7) is 11.7. The molecule has 1 aliphatic heterocycles. The summed E-state index contributed by atoms with van der Waals surface area (Å²) >= 11 is 0. The zero-order valence-corrected chi connectivity index (χ0v) is 9.30. The number of hydrogen-bond donors (Lipinski definition) is 1. The molecule has 1 saturated carbocycles. The lowest BCUT2D eigenvalue weighted by atomic mass is 9.60. The van der Waals surface area contributed by atoms with Crippen LogP contribution >= 0.6 is 0 Å². The van der Waals surface area contributed by atoms with Gasteiger partial charge in [-0.1, -0.05) is 6.92 Å². The molecule has 0 aromatic rings. The molecule has 2 nitrogen and oxygen atoms in total. The second-order valence-corrected chi connectivity index (χ2v) is 6.18. The SMILES string of the molecule is CC(C)(C)N1C[C@H]2[C@@H](N)C[C@@]2(C)C1. The average molecular weight is 182 g/mol. The molecule has 13 heavy (non-hydrogen) atoms. The van der Waals surface area contributed by atoms with Gasteiger partial charge in [0.15, 0.2) is 0 Å². The Morgan fingerprint density at radius 2 is 2.00 bits per heavy atom. The third kappa shape index (κ3) is 1.31. The van der Waals surface area contributed by atoms with E-state index < -0.39 is 0 Å². The summed E-state index contributed by atoms with van der Waals surface area (Å²) in [6.07, 6.45) is 1.23. The summed E-state index contributed by atoms with van der Waals surface area (Å²) in [6, 6.07) is 0.470. The summed E-state index contributed by atoms with van der Waals surface area (Å²) in [4.78, 5) is 2.59. The van der Waals surface area contributed by atoms with E-state index in [-0.39, 0.29) is 0 Å². The summed E-state index contributed by atoms with van der Waals surface area (Å²) in [5.74, 6) is 0.756. The molecule has 2 aliphatic rings. The van der Waals surface area contributed by atoms with E-state index >= 15 is 0 Å². The zero-order valence-electron chi connectivity index (χ0n) is 9.30.